The van der Waals surface area contributed by atoms with E-state index in [9.17, 15) is 19.5 Å². The van der Waals surface area contributed by atoms with E-state index in [0.29, 0.717) is 35.8 Å². The maximum atomic E-state index is 12.7. The fraction of sp³-hybridized carbons (Fsp3) is 0.250. The monoisotopic (exact) mass is 399 g/mol. The number of rotatable bonds is 7. The summed E-state index contributed by atoms with van der Waals surface area (Å²) < 4.78 is 10.4. The second kappa shape index (κ2) is 8.51. The van der Waals surface area contributed by atoms with Crippen LogP contribution in [0.3, 0.4) is 0 Å². The quantitative estimate of drug-likeness (QED) is 0.654. The normalized spacial score (nSPS) is 14.1. The lowest BCUT2D eigenvalue weighted by Crippen LogP contribution is -2.34. The molecular formula is C20H21N3O6. The minimum atomic E-state index is -1.24. The zero-order valence-corrected chi connectivity index (χ0v) is 16.0. The van der Waals surface area contributed by atoms with E-state index < -0.39 is 17.9 Å². The van der Waals surface area contributed by atoms with Gasteiger partial charge in [0.2, 0.25) is 0 Å². The lowest BCUT2D eigenvalue weighted by Gasteiger charge is -2.20. The molecule has 9 nitrogen and oxygen atoms in total. The van der Waals surface area contributed by atoms with Gasteiger partial charge in [0.15, 0.2) is 6.04 Å². The molecule has 2 aromatic rings. The van der Waals surface area contributed by atoms with E-state index in [1.165, 1.54) is 31.3 Å². The highest BCUT2D eigenvalue weighted by Crippen LogP contribution is 2.30. The van der Waals surface area contributed by atoms with Crippen molar-refractivity contribution in [1.82, 2.24) is 10.6 Å². The van der Waals surface area contributed by atoms with Crippen molar-refractivity contribution in [3.05, 3.63) is 53.6 Å². The van der Waals surface area contributed by atoms with Crippen molar-refractivity contribution in [3.8, 4) is 11.5 Å². The number of methoxy groups -OCH3 is 2. The highest BCUT2D eigenvalue weighted by atomic mass is 16.5. The van der Waals surface area contributed by atoms with Crippen LogP contribution in [0.4, 0.5) is 10.5 Å². The maximum Gasteiger partial charge on any atom is 0.330 e. The first-order valence-electron chi connectivity index (χ1n) is 8.85. The highest BCUT2D eigenvalue weighted by Gasteiger charge is 2.27. The third kappa shape index (κ3) is 4.23. The summed E-state index contributed by atoms with van der Waals surface area (Å²) in [6, 6.07) is 9.45. The van der Waals surface area contributed by atoms with Crippen LogP contribution in [0, 0.1) is 0 Å². The number of carbonyl (C=O) groups is 3. The van der Waals surface area contributed by atoms with Crippen molar-refractivity contribution >= 4 is 23.6 Å². The van der Waals surface area contributed by atoms with Crippen molar-refractivity contribution in [2.75, 3.05) is 32.2 Å². The topological polar surface area (TPSA) is 117 Å². The van der Waals surface area contributed by atoms with Crippen LogP contribution < -0.4 is 25.0 Å². The first-order chi connectivity index (χ1) is 13.9. The summed E-state index contributed by atoms with van der Waals surface area (Å²) in [7, 11) is 2.98. The van der Waals surface area contributed by atoms with E-state index in [1.807, 2.05) is 0 Å². The van der Waals surface area contributed by atoms with E-state index in [-0.39, 0.29) is 11.6 Å². The average molecular weight is 399 g/mol. The lowest BCUT2D eigenvalue weighted by atomic mass is 10.1. The first-order valence-corrected chi connectivity index (χ1v) is 8.85. The Morgan fingerprint density at radius 1 is 1.14 bits per heavy atom. The molecule has 3 amide bonds. The second-order valence-electron chi connectivity index (χ2n) is 6.29. The molecule has 2 aromatic carbocycles. The molecule has 3 N–H and O–H groups in total. The molecule has 1 aliphatic rings. The van der Waals surface area contributed by atoms with Crippen LogP contribution in [0.1, 0.15) is 22.0 Å². The molecule has 1 heterocycles. The van der Waals surface area contributed by atoms with Gasteiger partial charge in [-0.2, -0.15) is 0 Å². The number of benzene rings is 2. The van der Waals surface area contributed by atoms with Gasteiger partial charge in [-0.25, -0.2) is 9.59 Å². The zero-order valence-electron chi connectivity index (χ0n) is 16.0. The molecule has 0 bridgehead atoms. The number of aliphatic carboxylic acids is 1. The molecule has 29 heavy (non-hydrogen) atoms. The molecule has 0 saturated carbocycles. The van der Waals surface area contributed by atoms with Crippen LogP contribution in [0.2, 0.25) is 0 Å². The third-order valence-corrected chi connectivity index (χ3v) is 4.56. The van der Waals surface area contributed by atoms with Crippen LogP contribution in [0.15, 0.2) is 42.5 Å². The number of amides is 3. The number of nitrogens with one attached hydrogen (secondary N) is 2. The molecular weight excluding hydrogens is 378 g/mol. The summed E-state index contributed by atoms with van der Waals surface area (Å²) >= 11 is 0. The predicted octanol–water partition coefficient (Wildman–Crippen LogP) is 1.79. The van der Waals surface area contributed by atoms with Crippen LogP contribution in [-0.4, -0.2) is 50.3 Å². The number of carboxylic acid groups (broad SMARTS) is 1. The van der Waals surface area contributed by atoms with Crippen LogP contribution in [0.25, 0.3) is 0 Å². The van der Waals surface area contributed by atoms with Crippen molar-refractivity contribution in [3.63, 3.8) is 0 Å². The van der Waals surface area contributed by atoms with Crippen molar-refractivity contribution in [2.24, 2.45) is 0 Å². The predicted molar refractivity (Wildman–Crippen MR) is 105 cm³/mol. The van der Waals surface area contributed by atoms with Gasteiger partial charge < -0.3 is 25.2 Å². The van der Waals surface area contributed by atoms with Crippen LogP contribution in [-0.2, 0) is 4.79 Å². The fourth-order valence-electron chi connectivity index (χ4n) is 3.04. The Morgan fingerprint density at radius 2 is 1.86 bits per heavy atom. The zero-order chi connectivity index (χ0) is 21.0. The molecule has 0 radical (unpaired) electrons. The van der Waals surface area contributed by atoms with Gasteiger partial charge >= 0.3 is 12.0 Å². The van der Waals surface area contributed by atoms with Gasteiger partial charge in [0.25, 0.3) is 5.91 Å². The Labute approximate surface area is 167 Å². The smallest absolute Gasteiger partial charge is 0.330 e. The Morgan fingerprint density at radius 3 is 2.41 bits per heavy atom. The Balaban J connectivity index is 1.86. The van der Waals surface area contributed by atoms with Crippen molar-refractivity contribution in [2.45, 2.75) is 6.04 Å². The van der Waals surface area contributed by atoms with E-state index in [0.717, 1.165) is 0 Å². The third-order valence-electron chi connectivity index (χ3n) is 4.56. The molecule has 1 fully saturated rings. The molecule has 0 aromatic heterocycles. The summed E-state index contributed by atoms with van der Waals surface area (Å²) in [6.07, 6.45) is 0. The number of carbonyl (C=O) groups excluding carboxylic acids is 2. The Bertz CT molecular complexity index is 928. The molecule has 9 heteroatoms. The van der Waals surface area contributed by atoms with Gasteiger partial charge in [-0.05, 0) is 35.9 Å². The summed E-state index contributed by atoms with van der Waals surface area (Å²) in [6.45, 7) is 0.917. The summed E-state index contributed by atoms with van der Waals surface area (Å²) in [4.78, 5) is 37.9. The SMILES string of the molecule is COc1ccc(C(NC(=O)c2ccc(OC)c(N3CCNC3=O)c2)C(=O)O)cc1. The van der Waals surface area contributed by atoms with E-state index in [4.69, 9.17) is 9.47 Å². The molecule has 1 aliphatic heterocycles. The average Bonchev–Trinajstić information content (AvgIpc) is 3.17. The molecule has 3 rings (SSSR count). The van der Waals surface area contributed by atoms with E-state index in [1.54, 1.807) is 30.3 Å². The minimum Gasteiger partial charge on any atom is -0.497 e. The maximum absolute atomic E-state index is 12.7. The standard InChI is InChI=1S/C20H21N3O6/c1-28-14-6-3-12(4-7-14)17(19(25)26)22-18(24)13-5-8-16(29-2)15(11-13)23-10-9-21-20(23)27/h3-8,11,17H,9-10H2,1-2H3,(H,21,27)(H,22,24)(H,25,26). The Hall–Kier alpha value is -3.75. The molecule has 1 saturated heterocycles. The van der Waals surface area contributed by atoms with Crippen molar-refractivity contribution in [1.29, 1.82) is 0 Å². The number of carboxylic acids is 1. The van der Waals surface area contributed by atoms with E-state index in [2.05, 4.69) is 10.6 Å². The number of anilines is 1. The number of hydrogen-bond acceptors (Lipinski definition) is 5. The number of hydrogen-bond donors (Lipinski definition) is 3. The minimum absolute atomic E-state index is 0.209. The number of nitrogens with zero attached hydrogens (tertiary/aromatic N) is 1. The molecule has 1 unspecified atom stereocenters. The number of ether oxygens (including phenoxy) is 2. The highest BCUT2D eigenvalue weighted by molar-refractivity contribution is 6.01. The summed E-state index contributed by atoms with van der Waals surface area (Å²) in [5.41, 5.74) is 1.05. The Kier molecular flexibility index (Phi) is 5.87. The molecule has 1 atom stereocenters. The van der Waals surface area contributed by atoms with Gasteiger partial charge in [-0.3, -0.25) is 9.69 Å². The number of urea groups is 1. The first kappa shape index (κ1) is 20.0. The van der Waals surface area contributed by atoms with E-state index >= 15 is 0 Å². The van der Waals surface area contributed by atoms with Gasteiger partial charge in [0.05, 0.1) is 19.9 Å². The fourth-order valence-corrected chi connectivity index (χ4v) is 3.04. The van der Waals surface area contributed by atoms with Gasteiger partial charge in [-0.1, -0.05) is 12.1 Å². The van der Waals surface area contributed by atoms with Crippen LogP contribution in [0.5, 0.6) is 11.5 Å². The summed E-state index contributed by atoms with van der Waals surface area (Å²) in [5, 5.41) is 14.8. The van der Waals surface area contributed by atoms with Gasteiger partial charge in [-0.15, -0.1) is 0 Å². The molecule has 0 spiro atoms. The molecule has 0 aliphatic carbocycles. The van der Waals surface area contributed by atoms with Gasteiger partial charge in [0.1, 0.15) is 11.5 Å². The summed E-state index contributed by atoms with van der Waals surface area (Å²) in [5.74, 6) is -0.774. The van der Waals surface area contributed by atoms with Crippen LogP contribution >= 0.6 is 0 Å². The lowest BCUT2D eigenvalue weighted by molar-refractivity contribution is -0.139. The molecule has 152 valence electrons. The largest absolute Gasteiger partial charge is 0.497 e. The van der Waals surface area contributed by atoms with Gasteiger partial charge in [0, 0.05) is 18.7 Å². The van der Waals surface area contributed by atoms with Crippen molar-refractivity contribution < 1.29 is 29.0 Å². The second-order valence-corrected chi connectivity index (χ2v) is 6.29.